The van der Waals surface area contributed by atoms with E-state index in [0.29, 0.717) is 12.5 Å². The Kier molecular flexibility index (Phi) is 7.75. The Hall–Kier alpha value is -2.09. The summed E-state index contributed by atoms with van der Waals surface area (Å²) >= 11 is 0. The number of ether oxygens (including phenoxy) is 1. The molecule has 0 radical (unpaired) electrons. The van der Waals surface area contributed by atoms with Gasteiger partial charge in [-0.2, -0.15) is 0 Å². The number of nitrogens with one attached hydrogen (secondary N) is 1. The van der Waals surface area contributed by atoms with Crippen molar-refractivity contribution in [2.45, 2.75) is 47.1 Å². The number of rotatable bonds is 6. The van der Waals surface area contributed by atoms with Crippen LogP contribution in [0.25, 0.3) is 0 Å². The lowest BCUT2D eigenvalue weighted by Gasteiger charge is -2.30. The summed E-state index contributed by atoms with van der Waals surface area (Å²) in [4.78, 5) is 26.1. The summed E-state index contributed by atoms with van der Waals surface area (Å²) in [5.74, 6) is 3.31. The smallest absolute Gasteiger partial charge is 0.310 e. The minimum Gasteiger partial charge on any atom is -0.469 e. The molecular weight excluding hydrogens is 382 g/mol. The summed E-state index contributed by atoms with van der Waals surface area (Å²) in [6.07, 6.45) is 2.26. The number of guanidine groups is 1. The fourth-order valence-corrected chi connectivity index (χ4v) is 4.36. The number of carbonyl (C=O) groups excluding carboxylic acids is 1. The van der Waals surface area contributed by atoms with Crippen LogP contribution in [0.15, 0.2) is 9.41 Å². The molecule has 3 rings (SSSR count). The van der Waals surface area contributed by atoms with Crippen LogP contribution in [-0.4, -0.2) is 73.1 Å². The third-order valence-corrected chi connectivity index (χ3v) is 6.39. The molecule has 2 atom stereocenters. The monoisotopic (exact) mass is 419 g/mol. The Morgan fingerprint density at radius 1 is 1.30 bits per heavy atom. The van der Waals surface area contributed by atoms with Crippen LogP contribution in [0.3, 0.4) is 0 Å². The lowest BCUT2D eigenvalue weighted by molar-refractivity contribution is -0.145. The highest BCUT2D eigenvalue weighted by molar-refractivity contribution is 5.82. The summed E-state index contributed by atoms with van der Waals surface area (Å²) < 4.78 is 10.7. The van der Waals surface area contributed by atoms with Gasteiger partial charge in [-0.1, -0.05) is 6.92 Å². The van der Waals surface area contributed by atoms with Crippen LogP contribution in [0.4, 0.5) is 0 Å². The molecular formula is C22H37N5O3. The predicted molar refractivity (Wildman–Crippen MR) is 116 cm³/mol. The number of hydrogen-bond acceptors (Lipinski definition) is 6. The Bertz CT molecular complexity index is 720. The van der Waals surface area contributed by atoms with Crippen LogP contribution in [0, 0.1) is 31.6 Å². The number of piperidine rings is 1. The number of aromatic nitrogens is 1. The van der Waals surface area contributed by atoms with Crippen LogP contribution in [-0.2, 0) is 16.1 Å². The van der Waals surface area contributed by atoms with Crippen LogP contribution >= 0.6 is 0 Å². The van der Waals surface area contributed by atoms with Gasteiger partial charge >= 0.3 is 5.97 Å². The normalized spacial score (nSPS) is 23.8. The molecule has 168 valence electrons. The fourth-order valence-electron chi connectivity index (χ4n) is 4.36. The summed E-state index contributed by atoms with van der Waals surface area (Å²) in [7, 11) is 1.47. The predicted octanol–water partition coefficient (Wildman–Crippen LogP) is 2.21. The van der Waals surface area contributed by atoms with Crippen molar-refractivity contribution in [1.29, 1.82) is 0 Å². The molecule has 2 aliphatic heterocycles. The van der Waals surface area contributed by atoms with Gasteiger partial charge in [0.05, 0.1) is 25.3 Å². The van der Waals surface area contributed by atoms with Gasteiger partial charge in [-0.3, -0.25) is 14.7 Å². The molecule has 1 aromatic heterocycles. The van der Waals surface area contributed by atoms with Gasteiger partial charge in [0.1, 0.15) is 5.76 Å². The fraction of sp³-hybridized carbons (Fsp3) is 0.773. The average molecular weight is 420 g/mol. The first-order valence-electron chi connectivity index (χ1n) is 11.2. The maximum Gasteiger partial charge on any atom is 0.310 e. The van der Waals surface area contributed by atoms with Gasteiger partial charge in [0.15, 0.2) is 5.96 Å². The Morgan fingerprint density at radius 3 is 2.63 bits per heavy atom. The lowest BCUT2D eigenvalue weighted by Crippen LogP contribution is -2.41. The molecule has 1 aromatic rings. The number of carbonyl (C=O) groups is 1. The number of hydrogen-bond donors (Lipinski definition) is 1. The lowest BCUT2D eigenvalue weighted by atomic mass is 9.97. The van der Waals surface area contributed by atoms with Crippen molar-refractivity contribution in [1.82, 2.24) is 20.1 Å². The van der Waals surface area contributed by atoms with Gasteiger partial charge in [-0.05, 0) is 58.5 Å². The molecule has 0 aromatic carbocycles. The number of oxazole rings is 1. The topological polar surface area (TPSA) is 83.2 Å². The van der Waals surface area contributed by atoms with E-state index >= 15 is 0 Å². The van der Waals surface area contributed by atoms with E-state index in [1.165, 1.54) is 7.11 Å². The van der Waals surface area contributed by atoms with Crippen LogP contribution in [0.1, 0.15) is 44.0 Å². The number of nitrogens with zero attached hydrogens (tertiary/aromatic N) is 4. The number of likely N-dealkylation sites (tertiary alicyclic amines) is 2. The summed E-state index contributed by atoms with van der Waals surface area (Å²) in [5.41, 5.74) is 0.982. The van der Waals surface area contributed by atoms with E-state index in [0.717, 1.165) is 75.4 Å². The maximum atomic E-state index is 12.0. The first kappa shape index (κ1) is 22.6. The standard InChI is InChI=1S/C22H37N5O3/c1-6-23-22(27-12-15(2)19(13-27)21(28)29-5)24-11-18-7-9-26(10-8-18)14-20-25-16(3)17(4)30-20/h15,18-19H,6-14H2,1-5H3,(H,23,24). The molecule has 0 saturated carbocycles. The number of methoxy groups -OCH3 is 1. The molecule has 1 N–H and O–H groups in total. The van der Waals surface area contributed by atoms with Crippen molar-refractivity contribution in [3.8, 4) is 0 Å². The van der Waals surface area contributed by atoms with E-state index in [1.807, 2.05) is 13.8 Å². The molecule has 2 saturated heterocycles. The van der Waals surface area contributed by atoms with E-state index in [1.54, 1.807) is 0 Å². The third-order valence-electron chi connectivity index (χ3n) is 6.39. The second-order valence-corrected chi connectivity index (χ2v) is 8.68. The first-order chi connectivity index (χ1) is 14.4. The minimum atomic E-state index is -0.121. The van der Waals surface area contributed by atoms with Crippen molar-refractivity contribution in [3.63, 3.8) is 0 Å². The maximum absolute atomic E-state index is 12.0. The van der Waals surface area contributed by atoms with Gasteiger partial charge < -0.3 is 19.4 Å². The van der Waals surface area contributed by atoms with Crippen LogP contribution in [0.5, 0.6) is 0 Å². The van der Waals surface area contributed by atoms with E-state index in [9.17, 15) is 4.79 Å². The molecule has 0 bridgehead atoms. The van der Waals surface area contributed by atoms with Gasteiger partial charge in [-0.15, -0.1) is 0 Å². The van der Waals surface area contributed by atoms with Crippen molar-refractivity contribution in [3.05, 3.63) is 17.3 Å². The number of aryl methyl sites for hydroxylation is 2. The largest absolute Gasteiger partial charge is 0.469 e. The second-order valence-electron chi connectivity index (χ2n) is 8.68. The van der Waals surface area contributed by atoms with Crippen LogP contribution < -0.4 is 5.32 Å². The molecule has 2 fully saturated rings. The number of aliphatic imine (C=N–C) groups is 1. The van der Waals surface area contributed by atoms with Crippen LogP contribution in [0.2, 0.25) is 0 Å². The third kappa shape index (κ3) is 5.53. The zero-order valence-corrected chi connectivity index (χ0v) is 19.1. The molecule has 3 heterocycles. The van der Waals surface area contributed by atoms with Crippen molar-refractivity contribution in [2.24, 2.45) is 22.7 Å². The van der Waals surface area contributed by atoms with E-state index in [-0.39, 0.29) is 17.8 Å². The zero-order chi connectivity index (χ0) is 21.7. The second kappa shape index (κ2) is 10.3. The van der Waals surface area contributed by atoms with Gasteiger partial charge in [-0.25, -0.2) is 4.98 Å². The van der Waals surface area contributed by atoms with Crippen molar-refractivity contribution >= 4 is 11.9 Å². The summed E-state index contributed by atoms with van der Waals surface area (Å²) in [6, 6.07) is 0. The SMILES string of the molecule is CCNC(=NCC1CCN(Cc2nc(C)c(C)o2)CC1)N1CC(C)C(C(=O)OC)C1. The molecule has 0 aliphatic carbocycles. The van der Waals surface area contributed by atoms with E-state index < -0.39 is 0 Å². The highest BCUT2D eigenvalue weighted by Gasteiger charge is 2.37. The molecule has 0 spiro atoms. The molecule has 2 unspecified atom stereocenters. The highest BCUT2D eigenvalue weighted by Crippen LogP contribution is 2.25. The van der Waals surface area contributed by atoms with Crippen molar-refractivity contribution < 1.29 is 13.9 Å². The Morgan fingerprint density at radius 2 is 2.03 bits per heavy atom. The molecule has 30 heavy (non-hydrogen) atoms. The quantitative estimate of drug-likeness (QED) is 0.430. The summed E-state index contributed by atoms with van der Waals surface area (Å²) in [6.45, 7) is 14.2. The average Bonchev–Trinajstić information content (AvgIpc) is 3.27. The summed E-state index contributed by atoms with van der Waals surface area (Å²) in [5, 5.41) is 3.40. The molecule has 8 heteroatoms. The first-order valence-corrected chi connectivity index (χ1v) is 11.2. The highest BCUT2D eigenvalue weighted by atomic mass is 16.5. The van der Waals surface area contributed by atoms with Gasteiger partial charge in [0.2, 0.25) is 5.89 Å². The molecule has 8 nitrogen and oxygen atoms in total. The Balaban J connectivity index is 1.50. The van der Waals surface area contributed by atoms with E-state index in [2.05, 4.69) is 33.9 Å². The molecule has 0 amide bonds. The minimum absolute atomic E-state index is 0.0791. The zero-order valence-electron chi connectivity index (χ0n) is 19.1. The van der Waals surface area contributed by atoms with E-state index in [4.69, 9.17) is 14.1 Å². The Labute approximate surface area is 180 Å². The molecule has 2 aliphatic rings. The van der Waals surface area contributed by atoms with Crippen molar-refractivity contribution in [2.75, 3.05) is 46.4 Å². The van der Waals surface area contributed by atoms with Gasteiger partial charge in [0.25, 0.3) is 0 Å². The number of esters is 1. The van der Waals surface area contributed by atoms with Gasteiger partial charge in [0, 0.05) is 26.2 Å².